The molecule has 0 amide bonds. The minimum Gasteiger partial charge on any atom is -0.493 e. The number of benzene rings is 2. The van der Waals surface area contributed by atoms with Crippen LogP contribution in [-0.4, -0.2) is 38.5 Å². The highest BCUT2D eigenvalue weighted by Gasteiger charge is 2.25. The largest absolute Gasteiger partial charge is 0.493 e. The number of ether oxygens (including phenoxy) is 1. The Bertz CT molecular complexity index is 1400. The zero-order valence-corrected chi connectivity index (χ0v) is 18.9. The first-order chi connectivity index (χ1) is 16.3. The van der Waals surface area contributed by atoms with Gasteiger partial charge in [0, 0.05) is 24.4 Å². The van der Waals surface area contributed by atoms with Crippen LogP contribution in [0.3, 0.4) is 0 Å². The molecule has 0 saturated heterocycles. The van der Waals surface area contributed by atoms with Gasteiger partial charge in [-0.05, 0) is 36.6 Å². The lowest BCUT2D eigenvalue weighted by molar-refractivity contribution is -0.142. The molecule has 4 rings (SSSR count). The molecule has 0 aliphatic rings. The average molecular weight is 463 g/mol. The quantitative estimate of drug-likeness (QED) is 0.351. The fraction of sp³-hybridized carbons (Fsp3) is 0.320. The van der Waals surface area contributed by atoms with Crippen molar-refractivity contribution in [1.29, 1.82) is 0 Å². The SMILES string of the molecule is CC(C)COc1ccc2c(C(=O)CC(CCn3nnc4ccccc4c3=O)C(=O)O)coc2c1. The summed E-state index contributed by atoms with van der Waals surface area (Å²) in [6, 6.07) is 12.0. The number of Topliss-reactive ketones (excluding diaryl/α,β-unsaturated/α-hetero) is 1. The number of aliphatic carboxylic acids is 1. The second kappa shape index (κ2) is 9.86. The predicted octanol–water partition coefficient (Wildman–Crippen LogP) is 3.94. The van der Waals surface area contributed by atoms with Crippen LogP contribution in [-0.2, 0) is 11.3 Å². The number of rotatable bonds is 10. The molecule has 176 valence electrons. The highest BCUT2D eigenvalue weighted by atomic mass is 16.5. The molecule has 9 heteroatoms. The number of aryl methyl sites for hydroxylation is 1. The van der Waals surface area contributed by atoms with Gasteiger partial charge in [-0.15, -0.1) is 5.10 Å². The first-order valence-electron chi connectivity index (χ1n) is 11.1. The number of hydrogen-bond donors (Lipinski definition) is 1. The van der Waals surface area contributed by atoms with Gasteiger partial charge in [-0.2, -0.15) is 0 Å². The Hall–Kier alpha value is -4.01. The summed E-state index contributed by atoms with van der Waals surface area (Å²) in [4.78, 5) is 37.4. The predicted molar refractivity (Wildman–Crippen MR) is 125 cm³/mol. The maximum atomic E-state index is 12.9. The topological polar surface area (TPSA) is 125 Å². The maximum absolute atomic E-state index is 12.9. The second-order valence-corrected chi connectivity index (χ2v) is 8.60. The van der Waals surface area contributed by atoms with Gasteiger partial charge >= 0.3 is 5.97 Å². The zero-order chi connectivity index (χ0) is 24.2. The molecule has 0 saturated carbocycles. The van der Waals surface area contributed by atoms with Gasteiger partial charge in [-0.25, -0.2) is 4.68 Å². The lowest BCUT2D eigenvalue weighted by Crippen LogP contribution is -2.27. The van der Waals surface area contributed by atoms with Gasteiger partial charge in [0.15, 0.2) is 5.78 Å². The third-order valence-corrected chi connectivity index (χ3v) is 5.53. The molecular formula is C25H25N3O6. The third kappa shape index (κ3) is 4.98. The second-order valence-electron chi connectivity index (χ2n) is 8.60. The molecule has 0 radical (unpaired) electrons. The molecular weight excluding hydrogens is 438 g/mol. The standard InChI is InChI=1S/C25H25N3O6/c1-15(2)13-33-17-7-8-18-20(14-34-23(18)12-17)22(29)11-16(25(31)32)9-10-28-24(30)19-5-3-4-6-21(19)26-27-28/h3-8,12,14-16H,9-11,13H2,1-2H3,(H,31,32). The van der Waals surface area contributed by atoms with E-state index >= 15 is 0 Å². The smallest absolute Gasteiger partial charge is 0.307 e. The highest BCUT2D eigenvalue weighted by molar-refractivity contribution is 6.08. The first kappa shape index (κ1) is 23.2. The molecule has 1 atom stereocenters. The number of furan rings is 1. The number of carboxylic acid groups (broad SMARTS) is 1. The molecule has 0 fully saturated rings. The van der Waals surface area contributed by atoms with Crippen LogP contribution in [0, 0.1) is 11.8 Å². The molecule has 0 aliphatic heterocycles. The fourth-order valence-corrected chi connectivity index (χ4v) is 3.67. The van der Waals surface area contributed by atoms with Gasteiger partial charge in [0.1, 0.15) is 23.1 Å². The monoisotopic (exact) mass is 463 g/mol. The van der Waals surface area contributed by atoms with Gasteiger partial charge in [0.25, 0.3) is 5.56 Å². The normalized spacial score (nSPS) is 12.3. The average Bonchev–Trinajstić information content (AvgIpc) is 3.25. The van der Waals surface area contributed by atoms with E-state index in [9.17, 15) is 19.5 Å². The van der Waals surface area contributed by atoms with E-state index in [1.807, 2.05) is 13.8 Å². The number of aromatic nitrogens is 3. The molecule has 2 aromatic heterocycles. The molecule has 4 aromatic rings. The Morgan fingerprint density at radius 1 is 1.15 bits per heavy atom. The molecule has 0 spiro atoms. The van der Waals surface area contributed by atoms with E-state index in [0.717, 1.165) is 4.68 Å². The van der Waals surface area contributed by atoms with E-state index in [0.29, 0.717) is 45.7 Å². The van der Waals surface area contributed by atoms with Crippen molar-refractivity contribution in [3.63, 3.8) is 0 Å². The molecule has 1 unspecified atom stereocenters. The van der Waals surface area contributed by atoms with Gasteiger partial charge in [0.05, 0.1) is 23.5 Å². The van der Waals surface area contributed by atoms with Crippen LogP contribution in [0.5, 0.6) is 5.75 Å². The van der Waals surface area contributed by atoms with E-state index in [4.69, 9.17) is 9.15 Å². The van der Waals surface area contributed by atoms with Crippen LogP contribution >= 0.6 is 0 Å². The summed E-state index contributed by atoms with van der Waals surface area (Å²) in [5, 5.41) is 18.6. The van der Waals surface area contributed by atoms with Gasteiger partial charge in [0.2, 0.25) is 0 Å². The number of ketones is 1. The molecule has 9 nitrogen and oxygen atoms in total. The van der Waals surface area contributed by atoms with Crippen molar-refractivity contribution in [1.82, 2.24) is 15.0 Å². The Balaban J connectivity index is 1.47. The number of nitrogens with zero attached hydrogens (tertiary/aromatic N) is 3. The minimum atomic E-state index is -1.12. The van der Waals surface area contributed by atoms with Crippen LogP contribution in [0.4, 0.5) is 0 Å². The van der Waals surface area contributed by atoms with E-state index in [1.165, 1.54) is 6.26 Å². The zero-order valence-electron chi connectivity index (χ0n) is 18.9. The number of carboxylic acids is 1. The highest BCUT2D eigenvalue weighted by Crippen LogP contribution is 2.28. The Labute approximate surface area is 194 Å². The fourth-order valence-electron chi connectivity index (χ4n) is 3.67. The van der Waals surface area contributed by atoms with E-state index in [-0.39, 0.29) is 30.7 Å². The summed E-state index contributed by atoms with van der Waals surface area (Å²) < 4.78 is 12.4. The lowest BCUT2D eigenvalue weighted by atomic mass is 9.95. The molecule has 34 heavy (non-hydrogen) atoms. The van der Waals surface area contributed by atoms with Gasteiger partial charge in [-0.1, -0.05) is 31.2 Å². The van der Waals surface area contributed by atoms with Crippen molar-refractivity contribution in [3.05, 3.63) is 64.6 Å². The summed E-state index contributed by atoms with van der Waals surface area (Å²) in [5.74, 6) is -1.45. The molecule has 2 heterocycles. The van der Waals surface area contributed by atoms with Crippen molar-refractivity contribution in [2.75, 3.05) is 6.61 Å². The Morgan fingerprint density at radius 2 is 1.94 bits per heavy atom. The number of carbonyl (C=O) groups is 2. The molecule has 0 aliphatic carbocycles. The summed E-state index contributed by atoms with van der Waals surface area (Å²) in [5.41, 5.74) is 0.935. The van der Waals surface area contributed by atoms with Gasteiger partial charge in [-0.3, -0.25) is 14.4 Å². The minimum absolute atomic E-state index is 0.0313. The van der Waals surface area contributed by atoms with Crippen LogP contribution < -0.4 is 10.3 Å². The van der Waals surface area contributed by atoms with Crippen LogP contribution in [0.25, 0.3) is 21.9 Å². The van der Waals surface area contributed by atoms with Crippen molar-refractivity contribution in [2.24, 2.45) is 11.8 Å². The van der Waals surface area contributed by atoms with E-state index < -0.39 is 11.9 Å². The molecule has 2 aromatic carbocycles. The number of hydrogen-bond acceptors (Lipinski definition) is 7. The number of fused-ring (bicyclic) bond motifs is 2. The van der Waals surface area contributed by atoms with Crippen LogP contribution in [0.15, 0.2) is 57.9 Å². The van der Waals surface area contributed by atoms with Crippen molar-refractivity contribution in [3.8, 4) is 5.75 Å². The van der Waals surface area contributed by atoms with Crippen molar-refractivity contribution < 1.29 is 23.8 Å². The summed E-state index contributed by atoms with van der Waals surface area (Å²) in [6.45, 7) is 4.68. The first-order valence-corrected chi connectivity index (χ1v) is 11.1. The van der Waals surface area contributed by atoms with Crippen molar-refractivity contribution >= 4 is 33.6 Å². The molecule has 0 bridgehead atoms. The summed E-state index contributed by atoms with van der Waals surface area (Å²) >= 11 is 0. The van der Waals surface area contributed by atoms with E-state index in [2.05, 4.69) is 10.3 Å². The molecule has 1 N–H and O–H groups in total. The lowest BCUT2D eigenvalue weighted by Gasteiger charge is -2.12. The Kier molecular flexibility index (Phi) is 6.72. The number of carbonyl (C=O) groups excluding carboxylic acids is 1. The van der Waals surface area contributed by atoms with Crippen molar-refractivity contribution in [2.45, 2.75) is 33.2 Å². The van der Waals surface area contributed by atoms with Crippen LogP contribution in [0.2, 0.25) is 0 Å². The maximum Gasteiger partial charge on any atom is 0.307 e. The summed E-state index contributed by atoms with van der Waals surface area (Å²) in [6.07, 6.45) is 1.17. The third-order valence-electron chi connectivity index (χ3n) is 5.53. The Morgan fingerprint density at radius 3 is 2.71 bits per heavy atom. The van der Waals surface area contributed by atoms with E-state index in [1.54, 1.807) is 42.5 Å². The van der Waals surface area contributed by atoms with Gasteiger partial charge < -0.3 is 14.3 Å². The van der Waals surface area contributed by atoms with Crippen LogP contribution in [0.1, 0.15) is 37.0 Å². The summed E-state index contributed by atoms with van der Waals surface area (Å²) in [7, 11) is 0.